The zero-order valence-electron chi connectivity index (χ0n) is 9.65. The monoisotopic (exact) mass is 214 g/mol. The van der Waals surface area contributed by atoms with Crippen LogP contribution in [-0.4, -0.2) is 20.6 Å². The Morgan fingerprint density at radius 2 is 1.88 bits per heavy atom. The molecule has 2 aromatic rings. The predicted molar refractivity (Wildman–Crippen MR) is 63.6 cm³/mol. The predicted octanol–water partition coefficient (Wildman–Crippen LogP) is 2.38. The quantitative estimate of drug-likeness (QED) is 0.835. The molecule has 0 aliphatic rings. The maximum Gasteiger partial charge on any atom is 0.200 e. The highest BCUT2D eigenvalue weighted by Gasteiger charge is 2.01. The Hall–Kier alpha value is -1.97. The minimum atomic E-state index is 0.638. The Kier molecular flexibility index (Phi) is 2.81. The topological polar surface area (TPSA) is 54.5 Å². The van der Waals surface area contributed by atoms with Gasteiger partial charge in [-0.25, -0.2) is 0 Å². The van der Waals surface area contributed by atoms with Crippen molar-refractivity contribution in [2.45, 2.75) is 20.8 Å². The van der Waals surface area contributed by atoms with E-state index in [0.717, 1.165) is 5.57 Å². The number of benzene rings is 1. The van der Waals surface area contributed by atoms with Crippen molar-refractivity contribution < 1.29 is 0 Å². The van der Waals surface area contributed by atoms with E-state index in [4.69, 9.17) is 0 Å². The maximum absolute atomic E-state index is 3.94. The molecule has 16 heavy (non-hydrogen) atoms. The summed E-state index contributed by atoms with van der Waals surface area (Å²) in [6, 6.07) is 6.42. The van der Waals surface area contributed by atoms with Gasteiger partial charge in [0.25, 0.3) is 0 Å². The molecule has 0 saturated carbocycles. The fraction of sp³-hybridized carbons (Fsp3) is 0.250. The number of tetrazole rings is 1. The van der Waals surface area contributed by atoms with E-state index < -0.39 is 0 Å². The fourth-order valence-corrected chi connectivity index (χ4v) is 1.74. The number of allylic oxidation sites excluding steroid dienone is 1. The third-order valence-electron chi connectivity index (χ3n) is 2.33. The van der Waals surface area contributed by atoms with Gasteiger partial charge in [0, 0.05) is 0 Å². The number of hydrogen-bond donors (Lipinski definition) is 1. The van der Waals surface area contributed by atoms with E-state index in [-0.39, 0.29) is 0 Å². The molecule has 82 valence electrons. The van der Waals surface area contributed by atoms with Gasteiger partial charge in [0.15, 0.2) is 5.82 Å². The minimum Gasteiger partial charge on any atom is -0.177 e. The lowest BCUT2D eigenvalue weighted by Gasteiger charge is -2.01. The van der Waals surface area contributed by atoms with Gasteiger partial charge in [-0.1, -0.05) is 29.3 Å². The van der Waals surface area contributed by atoms with Crippen LogP contribution in [-0.2, 0) is 0 Å². The van der Waals surface area contributed by atoms with Crippen molar-refractivity contribution in [3.63, 3.8) is 0 Å². The van der Waals surface area contributed by atoms with Gasteiger partial charge in [-0.2, -0.15) is 5.21 Å². The summed E-state index contributed by atoms with van der Waals surface area (Å²) in [6.07, 6.45) is 2.06. The second-order valence-electron chi connectivity index (χ2n) is 3.98. The van der Waals surface area contributed by atoms with Crippen LogP contribution in [0.15, 0.2) is 18.2 Å². The van der Waals surface area contributed by atoms with Crippen LogP contribution < -0.4 is 0 Å². The minimum absolute atomic E-state index is 0.638. The summed E-state index contributed by atoms with van der Waals surface area (Å²) in [7, 11) is 0. The molecule has 0 radical (unpaired) electrons. The molecule has 1 aromatic carbocycles. The molecule has 0 unspecified atom stereocenters. The first kappa shape index (κ1) is 10.5. The number of H-pyrrole nitrogens is 1. The van der Waals surface area contributed by atoms with Gasteiger partial charge >= 0.3 is 0 Å². The van der Waals surface area contributed by atoms with E-state index in [0.29, 0.717) is 5.82 Å². The van der Waals surface area contributed by atoms with Crippen LogP contribution in [0, 0.1) is 13.8 Å². The van der Waals surface area contributed by atoms with E-state index in [9.17, 15) is 0 Å². The maximum atomic E-state index is 3.94. The number of aryl methyl sites for hydroxylation is 2. The van der Waals surface area contributed by atoms with Gasteiger partial charge in [-0.3, -0.25) is 0 Å². The molecule has 0 bridgehead atoms. The highest BCUT2D eigenvalue weighted by molar-refractivity contribution is 5.77. The van der Waals surface area contributed by atoms with Gasteiger partial charge in [-0.05, 0) is 43.2 Å². The fourth-order valence-electron chi connectivity index (χ4n) is 1.74. The zero-order valence-corrected chi connectivity index (χ0v) is 9.65. The summed E-state index contributed by atoms with van der Waals surface area (Å²) in [6.45, 7) is 6.16. The van der Waals surface area contributed by atoms with E-state index in [1.165, 1.54) is 16.7 Å². The summed E-state index contributed by atoms with van der Waals surface area (Å²) < 4.78 is 0. The van der Waals surface area contributed by atoms with Crippen LogP contribution in [0.3, 0.4) is 0 Å². The number of aromatic nitrogens is 4. The second kappa shape index (κ2) is 4.26. The Labute approximate surface area is 94.4 Å². The van der Waals surface area contributed by atoms with Crippen molar-refractivity contribution in [1.82, 2.24) is 20.6 Å². The molecule has 0 amide bonds. The molecular weight excluding hydrogens is 200 g/mol. The molecule has 1 aromatic heterocycles. The average molecular weight is 214 g/mol. The van der Waals surface area contributed by atoms with Crippen LogP contribution >= 0.6 is 0 Å². The summed E-state index contributed by atoms with van der Waals surface area (Å²) in [4.78, 5) is 0. The van der Waals surface area contributed by atoms with Crippen molar-refractivity contribution in [3.8, 4) is 0 Å². The molecule has 0 aliphatic heterocycles. The average Bonchev–Trinajstić information content (AvgIpc) is 2.68. The standard InChI is InChI=1S/C12H14N4/c1-8-4-9(2)6-11(5-8)7-10(3)12-13-15-16-14-12/h4-7H,1-3H3,(H,13,14,15,16)/b10-7-. The highest BCUT2D eigenvalue weighted by Crippen LogP contribution is 2.15. The molecule has 0 fully saturated rings. The van der Waals surface area contributed by atoms with Gasteiger partial charge in [0.05, 0.1) is 0 Å². The third kappa shape index (κ3) is 2.34. The molecule has 1 heterocycles. The first-order valence-corrected chi connectivity index (χ1v) is 5.15. The smallest absolute Gasteiger partial charge is 0.177 e. The van der Waals surface area contributed by atoms with Crippen LogP contribution in [0.2, 0.25) is 0 Å². The van der Waals surface area contributed by atoms with Crippen LogP contribution in [0.1, 0.15) is 29.4 Å². The number of rotatable bonds is 2. The summed E-state index contributed by atoms with van der Waals surface area (Å²) in [5.74, 6) is 0.638. The van der Waals surface area contributed by atoms with Crippen molar-refractivity contribution in [1.29, 1.82) is 0 Å². The van der Waals surface area contributed by atoms with Crippen LogP contribution in [0.25, 0.3) is 11.6 Å². The van der Waals surface area contributed by atoms with Gasteiger partial charge in [0.1, 0.15) is 0 Å². The zero-order chi connectivity index (χ0) is 11.5. The molecule has 1 N–H and O–H groups in total. The number of nitrogens with one attached hydrogen (secondary N) is 1. The van der Waals surface area contributed by atoms with Gasteiger partial charge in [-0.15, -0.1) is 10.2 Å². The Morgan fingerprint density at radius 3 is 2.44 bits per heavy atom. The van der Waals surface area contributed by atoms with E-state index in [1.807, 2.05) is 6.92 Å². The summed E-state index contributed by atoms with van der Waals surface area (Å²) in [5, 5.41) is 13.9. The number of aromatic amines is 1. The van der Waals surface area contributed by atoms with Gasteiger partial charge in [0.2, 0.25) is 0 Å². The highest BCUT2D eigenvalue weighted by atomic mass is 15.5. The SMILES string of the molecule is C/C(=C/c1cc(C)cc(C)c1)c1nn[nH]n1. The molecule has 0 atom stereocenters. The third-order valence-corrected chi connectivity index (χ3v) is 2.33. The first-order valence-electron chi connectivity index (χ1n) is 5.15. The Bertz CT molecular complexity index is 492. The molecular formula is C12H14N4. The van der Waals surface area contributed by atoms with Crippen molar-refractivity contribution in [2.24, 2.45) is 0 Å². The van der Waals surface area contributed by atoms with E-state index in [2.05, 4.69) is 58.7 Å². The van der Waals surface area contributed by atoms with E-state index in [1.54, 1.807) is 0 Å². The summed E-state index contributed by atoms with van der Waals surface area (Å²) >= 11 is 0. The van der Waals surface area contributed by atoms with E-state index >= 15 is 0 Å². The van der Waals surface area contributed by atoms with Crippen molar-refractivity contribution in [3.05, 3.63) is 40.7 Å². The molecule has 0 saturated heterocycles. The lowest BCUT2D eigenvalue weighted by atomic mass is 10.1. The molecule has 0 aliphatic carbocycles. The van der Waals surface area contributed by atoms with Crippen molar-refractivity contribution >= 4 is 11.6 Å². The first-order chi connectivity index (χ1) is 7.65. The Morgan fingerprint density at radius 1 is 1.19 bits per heavy atom. The molecule has 4 nitrogen and oxygen atoms in total. The lowest BCUT2D eigenvalue weighted by Crippen LogP contribution is -1.85. The Balaban J connectivity index is 2.35. The normalized spacial score (nSPS) is 11.8. The number of nitrogens with zero attached hydrogens (tertiary/aromatic N) is 3. The molecule has 4 heteroatoms. The van der Waals surface area contributed by atoms with Crippen LogP contribution in [0.5, 0.6) is 0 Å². The molecule has 2 rings (SSSR count). The van der Waals surface area contributed by atoms with Gasteiger partial charge < -0.3 is 0 Å². The largest absolute Gasteiger partial charge is 0.200 e. The summed E-state index contributed by atoms with van der Waals surface area (Å²) in [5.41, 5.74) is 4.68. The lowest BCUT2D eigenvalue weighted by molar-refractivity contribution is 0.881. The molecule has 0 spiro atoms. The van der Waals surface area contributed by atoms with Crippen LogP contribution in [0.4, 0.5) is 0 Å². The second-order valence-corrected chi connectivity index (χ2v) is 3.98. The number of hydrogen-bond acceptors (Lipinski definition) is 3. The van der Waals surface area contributed by atoms with Crippen molar-refractivity contribution in [2.75, 3.05) is 0 Å².